The van der Waals surface area contributed by atoms with Crippen LogP contribution in [-0.4, -0.2) is 30.3 Å². The van der Waals surface area contributed by atoms with Crippen molar-refractivity contribution >= 4 is 62.5 Å². The zero-order chi connectivity index (χ0) is 24.0. The average molecular weight is 498 g/mol. The molecular formula is C24H16ClNO7S. The Morgan fingerprint density at radius 3 is 2.47 bits per heavy atom. The molecule has 3 heterocycles. The van der Waals surface area contributed by atoms with Crippen molar-refractivity contribution in [3.63, 3.8) is 0 Å². The predicted octanol–water partition coefficient (Wildman–Crippen LogP) is 5.45. The number of carbonyl (C=O) groups is 2. The van der Waals surface area contributed by atoms with E-state index in [0.29, 0.717) is 21.7 Å². The number of benzene rings is 2. The van der Waals surface area contributed by atoms with Crippen molar-refractivity contribution in [2.45, 2.75) is 6.54 Å². The number of hydrogen-bond donors (Lipinski definition) is 0. The summed E-state index contributed by atoms with van der Waals surface area (Å²) in [5, 5.41) is 0.880. The van der Waals surface area contributed by atoms with Crippen LogP contribution in [0.3, 0.4) is 0 Å². The van der Waals surface area contributed by atoms with E-state index < -0.39 is 16.6 Å². The molecule has 4 aromatic rings. The lowest BCUT2D eigenvalue weighted by atomic mass is 10.1. The van der Waals surface area contributed by atoms with Crippen LogP contribution >= 0.6 is 23.4 Å². The average Bonchev–Trinajstić information content (AvgIpc) is 3.39. The lowest BCUT2D eigenvalue weighted by molar-refractivity contribution is -0.123. The van der Waals surface area contributed by atoms with Gasteiger partial charge in [0.05, 0.1) is 37.3 Å². The highest BCUT2D eigenvalue weighted by Crippen LogP contribution is 2.42. The van der Waals surface area contributed by atoms with Gasteiger partial charge in [-0.05, 0) is 35.5 Å². The number of carbonyl (C=O) groups excluding carboxylic acids is 2. The largest absolute Gasteiger partial charge is 0.495 e. The second-order valence-electron chi connectivity index (χ2n) is 7.34. The van der Waals surface area contributed by atoms with E-state index in [2.05, 4.69) is 0 Å². The zero-order valence-corrected chi connectivity index (χ0v) is 19.5. The van der Waals surface area contributed by atoms with Gasteiger partial charge in [-0.2, -0.15) is 0 Å². The Labute approximate surface area is 201 Å². The first kappa shape index (κ1) is 22.1. The Morgan fingerprint density at radius 1 is 1.03 bits per heavy atom. The third-order valence-electron chi connectivity index (χ3n) is 5.33. The van der Waals surface area contributed by atoms with Crippen molar-refractivity contribution in [3.8, 4) is 11.5 Å². The van der Waals surface area contributed by atoms with Gasteiger partial charge in [-0.3, -0.25) is 19.3 Å². The van der Waals surface area contributed by atoms with Crippen molar-refractivity contribution in [1.29, 1.82) is 0 Å². The first-order chi connectivity index (χ1) is 16.4. The summed E-state index contributed by atoms with van der Waals surface area (Å²) >= 11 is 6.67. The zero-order valence-electron chi connectivity index (χ0n) is 17.9. The number of furan rings is 1. The molecule has 1 fully saturated rings. The highest BCUT2D eigenvalue weighted by Gasteiger charge is 2.35. The summed E-state index contributed by atoms with van der Waals surface area (Å²) in [7, 11) is 2.87. The standard InChI is InChI=1S/C24H16ClNO7S/c1-30-19-15-7-8-32-20(15)22(31-2)21-18(19)16(27)9-14(33-21)10-17-23(28)26(24(29)34-17)11-12-3-5-13(25)6-4-12/h3-10H,11H2,1-2H3/b17-10+. The summed E-state index contributed by atoms with van der Waals surface area (Å²) in [5.74, 6) is 0.113. The fraction of sp³-hybridized carbons (Fsp3) is 0.125. The number of amides is 2. The van der Waals surface area contributed by atoms with Crippen LogP contribution in [0.1, 0.15) is 11.3 Å². The summed E-state index contributed by atoms with van der Waals surface area (Å²) < 4.78 is 22.4. The Morgan fingerprint density at radius 2 is 1.76 bits per heavy atom. The van der Waals surface area contributed by atoms with Crippen LogP contribution in [0, 0.1) is 0 Å². The van der Waals surface area contributed by atoms with Crippen molar-refractivity contribution in [3.05, 3.63) is 74.1 Å². The van der Waals surface area contributed by atoms with E-state index in [1.54, 1.807) is 30.3 Å². The lowest BCUT2D eigenvalue weighted by Crippen LogP contribution is -2.27. The van der Waals surface area contributed by atoms with Gasteiger partial charge in [0.25, 0.3) is 11.1 Å². The van der Waals surface area contributed by atoms with Gasteiger partial charge >= 0.3 is 0 Å². The van der Waals surface area contributed by atoms with Crippen LogP contribution in [0.2, 0.25) is 5.02 Å². The van der Waals surface area contributed by atoms with Gasteiger partial charge in [-0.25, -0.2) is 0 Å². The summed E-state index contributed by atoms with van der Waals surface area (Å²) in [6.07, 6.45) is 2.82. The molecule has 8 nitrogen and oxygen atoms in total. The molecule has 2 amide bonds. The summed E-state index contributed by atoms with van der Waals surface area (Å²) in [6.45, 7) is 0.0995. The summed E-state index contributed by atoms with van der Waals surface area (Å²) in [6, 6.07) is 9.77. The third-order valence-corrected chi connectivity index (χ3v) is 6.48. The van der Waals surface area contributed by atoms with Crippen LogP contribution < -0.4 is 14.9 Å². The molecule has 0 N–H and O–H groups in total. The molecule has 0 bridgehead atoms. The van der Waals surface area contributed by atoms with Crippen molar-refractivity contribution in [2.75, 3.05) is 14.2 Å². The van der Waals surface area contributed by atoms with Gasteiger partial charge in [0.15, 0.2) is 16.6 Å². The van der Waals surface area contributed by atoms with Crippen LogP contribution in [0.25, 0.3) is 28.0 Å². The molecule has 10 heteroatoms. The number of imide groups is 1. The Kier molecular flexibility index (Phi) is 5.59. The molecule has 5 rings (SSSR count). The minimum absolute atomic E-state index is 0.0840. The second kappa shape index (κ2) is 8.58. The number of methoxy groups -OCH3 is 2. The van der Waals surface area contributed by atoms with Crippen LogP contribution in [0.15, 0.2) is 61.2 Å². The number of thioether (sulfide) groups is 1. The van der Waals surface area contributed by atoms with Gasteiger partial charge in [0.2, 0.25) is 5.75 Å². The summed E-state index contributed by atoms with van der Waals surface area (Å²) in [4.78, 5) is 39.7. The molecule has 1 aliphatic rings. The van der Waals surface area contributed by atoms with E-state index >= 15 is 0 Å². The normalized spacial score (nSPS) is 15.1. The van der Waals surface area contributed by atoms with Gasteiger partial charge in [-0.15, -0.1) is 0 Å². The Balaban J connectivity index is 1.57. The molecule has 0 unspecified atom stereocenters. The highest BCUT2D eigenvalue weighted by molar-refractivity contribution is 8.18. The first-order valence-electron chi connectivity index (χ1n) is 10.00. The van der Waals surface area contributed by atoms with Crippen LogP contribution in [0.4, 0.5) is 4.79 Å². The molecule has 2 aromatic heterocycles. The fourth-order valence-corrected chi connectivity index (χ4v) is 4.74. The minimum atomic E-state index is -0.487. The Bertz CT molecular complexity index is 1550. The monoisotopic (exact) mass is 497 g/mol. The molecule has 0 radical (unpaired) electrons. The maximum atomic E-state index is 13.0. The van der Waals surface area contributed by atoms with Gasteiger partial charge in [0.1, 0.15) is 16.9 Å². The number of hydrogen-bond acceptors (Lipinski definition) is 8. The third kappa shape index (κ3) is 3.63. The number of rotatable bonds is 5. The molecule has 0 aliphatic carbocycles. The van der Waals surface area contributed by atoms with Crippen LogP contribution in [0.5, 0.6) is 11.5 Å². The quantitative estimate of drug-likeness (QED) is 0.336. The number of ether oxygens (including phenoxy) is 2. The van der Waals surface area contributed by atoms with E-state index in [0.717, 1.165) is 22.2 Å². The van der Waals surface area contributed by atoms with Crippen molar-refractivity contribution < 1.29 is 27.9 Å². The molecule has 172 valence electrons. The highest BCUT2D eigenvalue weighted by atomic mass is 35.5. The molecule has 0 saturated carbocycles. The number of nitrogens with zero attached hydrogens (tertiary/aromatic N) is 1. The first-order valence-corrected chi connectivity index (χ1v) is 11.2. The smallest absolute Gasteiger partial charge is 0.293 e. The van der Waals surface area contributed by atoms with E-state index in [9.17, 15) is 14.4 Å². The SMILES string of the molecule is COc1c2occc2c(OC)c2c(=O)cc(/C=C3/SC(=O)N(Cc4ccc(Cl)cc4)C3=O)oc12. The number of fused-ring (bicyclic) bond motifs is 2. The van der Waals surface area contributed by atoms with E-state index in [1.807, 2.05) is 0 Å². The van der Waals surface area contributed by atoms with Crippen molar-refractivity contribution in [1.82, 2.24) is 4.90 Å². The van der Waals surface area contributed by atoms with E-state index in [4.69, 9.17) is 29.9 Å². The molecule has 0 atom stereocenters. The predicted molar refractivity (Wildman–Crippen MR) is 128 cm³/mol. The minimum Gasteiger partial charge on any atom is -0.495 e. The maximum Gasteiger partial charge on any atom is 0.293 e. The number of halogens is 1. The molecule has 2 aromatic carbocycles. The topological polar surface area (TPSA) is 99.2 Å². The van der Waals surface area contributed by atoms with Gasteiger partial charge in [-0.1, -0.05) is 23.7 Å². The Hall–Kier alpha value is -3.69. The maximum absolute atomic E-state index is 13.0. The molecule has 34 heavy (non-hydrogen) atoms. The molecule has 1 aliphatic heterocycles. The fourth-order valence-electron chi connectivity index (χ4n) is 3.79. The molecule has 1 saturated heterocycles. The molecular weight excluding hydrogens is 482 g/mol. The second-order valence-corrected chi connectivity index (χ2v) is 8.77. The van der Waals surface area contributed by atoms with Gasteiger partial charge in [0, 0.05) is 17.2 Å². The van der Waals surface area contributed by atoms with Crippen molar-refractivity contribution in [2.24, 2.45) is 0 Å². The van der Waals surface area contributed by atoms with E-state index in [1.165, 1.54) is 32.6 Å². The van der Waals surface area contributed by atoms with Crippen LogP contribution in [-0.2, 0) is 11.3 Å². The van der Waals surface area contributed by atoms with Gasteiger partial charge < -0.3 is 18.3 Å². The lowest BCUT2D eigenvalue weighted by Gasteiger charge is -2.12. The molecule has 0 spiro atoms. The van der Waals surface area contributed by atoms with E-state index in [-0.39, 0.29) is 33.9 Å². The summed E-state index contributed by atoms with van der Waals surface area (Å²) in [5.41, 5.74) is 0.826.